The van der Waals surface area contributed by atoms with E-state index in [-0.39, 0.29) is 11.9 Å². The number of nitrogens with one attached hydrogen (secondary N) is 1. The van der Waals surface area contributed by atoms with E-state index in [1.165, 1.54) is 5.69 Å². The van der Waals surface area contributed by atoms with Crippen molar-refractivity contribution in [2.75, 3.05) is 23.4 Å². The Hall–Kier alpha value is -2.73. The summed E-state index contributed by atoms with van der Waals surface area (Å²) < 4.78 is 20.3. The van der Waals surface area contributed by atoms with Crippen LogP contribution >= 0.6 is 0 Å². The van der Waals surface area contributed by atoms with Crippen molar-refractivity contribution in [3.63, 3.8) is 0 Å². The van der Waals surface area contributed by atoms with Gasteiger partial charge in [0.15, 0.2) is 5.82 Å². The molecule has 2 aliphatic heterocycles. The number of rotatable bonds is 4. The first-order valence-corrected chi connectivity index (χ1v) is 10.2. The fourth-order valence-electron chi connectivity index (χ4n) is 4.56. The minimum atomic E-state index is -0.227. The van der Waals surface area contributed by atoms with E-state index >= 15 is 0 Å². The second-order valence-corrected chi connectivity index (χ2v) is 8.21. The van der Waals surface area contributed by atoms with E-state index in [9.17, 15) is 4.39 Å². The maximum atomic E-state index is 14.6. The van der Waals surface area contributed by atoms with E-state index in [2.05, 4.69) is 38.6 Å². The van der Waals surface area contributed by atoms with Gasteiger partial charge in [-0.25, -0.2) is 4.39 Å². The van der Waals surface area contributed by atoms with Gasteiger partial charge in [0.05, 0.1) is 30.5 Å². The summed E-state index contributed by atoms with van der Waals surface area (Å²) in [5.74, 6) is 0.507. The van der Waals surface area contributed by atoms with Gasteiger partial charge in [0, 0.05) is 28.6 Å². The molecule has 0 aliphatic carbocycles. The molecule has 0 spiro atoms. The minimum absolute atomic E-state index is 0.175. The van der Waals surface area contributed by atoms with E-state index in [1.807, 2.05) is 26.0 Å². The second-order valence-electron chi connectivity index (χ2n) is 8.21. The van der Waals surface area contributed by atoms with Gasteiger partial charge >= 0.3 is 0 Å². The van der Waals surface area contributed by atoms with E-state index in [0.717, 1.165) is 36.0 Å². The first kappa shape index (κ1) is 18.3. The lowest BCUT2D eigenvalue weighted by molar-refractivity contribution is 0.0991. The van der Waals surface area contributed by atoms with Crippen LogP contribution in [-0.2, 0) is 4.74 Å². The van der Waals surface area contributed by atoms with Crippen LogP contribution in [0, 0.1) is 19.7 Å². The second kappa shape index (κ2) is 6.95. The number of ether oxygens (including phenoxy) is 1. The topological polar surface area (TPSA) is 50.3 Å². The van der Waals surface area contributed by atoms with Crippen LogP contribution in [0.3, 0.4) is 0 Å². The molecule has 5 nitrogen and oxygen atoms in total. The number of aromatic nitrogens is 2. The SMILES string of the molecule is Cc1cccc([C@@H](C)Nc2nnc(C)c3ccc(N4C[C@H]5C[C@@H]4CO5)cc23)c1F. The van der Waals surface area contributed by atoms with E-state index in [4.69, 9.17) is 4.74 Å². The van der Waals surface area contributed by atoms with Crippen molar-refractivity contribution in [3.05, 3.63) is 59.0 Å². The Morgan fingerprint density at radius 3 is 2.79 bits per heavy atom. The fraction of sp³-hybridized carbons (Fsp3) is 0.391. The summed E-state index contributed by atoms with van der Waals surface area (Å²) in [5.41, 5.74) is 3.34. The number of nitrogens with zero attached hydrogens (tertiary/aromatic N) is 3. The van der Waals surface area contributed by atoms with Crippen LogP contribution in [0.15, 0.2) is 36.4 Å². The van der Waals surface area contributed by atoms with Gasteiger partial charge < -0.3 is 15.0 Å². The molecule has 2 bridgehead atoms. The fourth-order valence-corrected chi connectivity index (χ4v) is 4.56. The predicted molar refractivity (Wildman–Crippen MR) is 113 cm³/mol. The molecule has 2 aliphatic rings. The Kier molecular flexibility index (Phi) is 4.39. The molecule has 3 heterocycles. The average molecular weight is 392 g/mol. The Balaban J connectivity index is 1.52. The van der Waals surface area contributed by atoms with Gasteiger partial charge in [-0.05, 0) is 44.9 Å². The van der Waals surface area contributed by atoms with Crippen LogP contribution < -0.4 is 10.2 Å². The highest BCUT2D eigenvalue weighted by Gasteiger charge is 2.39. The standard InChI is InChI=1S/C23H25FN4O/c1-13-5-4-6-20(22(13)24)14(2)25-23-21-10-16(7-8-19(21)15(3)26-27-23)28-11-18-9-17(28)12-29-18/h4-8,10,14,17-18H,9,11-12H2,1-3H3,(H,25,27)/t14-,17-,18-/m1/s1. The smallest absolute Gasteiger partial charge is 0.157 e. The Bertz CT molecular complexity index is 1090. The van der Waals surface area contributed by atoms with Crippen LogP contribution in [0.1, 0.15) is 36.2 Å². The maximum Gasteiger partial charge on any atom is 0.157 e. The molecule has 0 saturated carbocycles. The molecule has 2 fully saturated rings. The number of morpholine rings is 1. The Morgan fingerprint density at radius 1 is 1.17 bits per heavy atom. The number of anilines is 2. The zero-order valence-electron chi connectivity index (χ0n) is 16.9. The van der Waals surface area contributed by atoms with Crippen molar-refractivity contribution in [1.29, 1.82) is 0 Å². The third kappa shape index (κ3) is 3.12. The van der Waals surface area contributed by atoms with Crippen LogP contribution in [-0.4, -0.2) is 35.5 Å². The van der Waals surface area contributed by atoms with Gasteiger partial charge in [-0.3, -0.25) is 0 Å². The summed E-state index contributed by atoms with van der Waals surface area (Å²) in [6, 6.07) is 12.2. The highest BCUT2D eigenvalue weighted by Crippen LogP contribution is 2.36. The normalized spacial score (nSPS) is 21.7. The summed E-state index contributed by atoms with van der Waals surface area (Å²) in [5, 5.41) is 14.2. The molecule has 1 N–H and O–H groups in total. The molecule has 2 saturated heterocycles. The lowest BCUT2D eigenvalue weighted by Crippen LogP contribution is -2.36. The summed E-state index contributed by atoms with van der Waals surface area (Å²) >= 11 is 0. The molecular weight excluding hydrogens is 367 g/mol. The monoisotopic (exact) mass is 392 g/mol. The largest absolute Gasteiger partial charge is 0.374 e. The molecule has 29 heavy (non-hydrogen) atoms. The van der Waals surface area contributed by atoms with Crippen molar-refractivity contribution < 1.29 is 9.13 Å². The average Bonchev–Trinajstić information content (AvgIpc) is 3.35. The van der Waals surface area contributed by atoms with E-state index < -0.39 is 0 Å². The third-order valence-corrected chi connectivity index (χ3v) is 6.22. The van der Waals surface area contributed by atoms with Gasteiger partial charge in [-0.2, -0.15) is 5.10 Å². The minimum Gasteiger partial charge on any atom is -0.374 e. The number of halogens is 1. The summed E-state index contributed by atoms with van der Waals surface area (Å²) in [4.78, 5) is 2.43. The van der Waals surface area contributed by atoms with Gasteiger partial charge in [-0.1, -0.05) is 24.3 Å². The van der Waals surface area contributed by atoms with Gasteiger partial charge in [0.25, 0.3) is 0 Å². The van der Waals surface area contributed by atoms with Crippen LogP contribution in [0.4, 0.5) is 15.9 Å². The first-order chi connectivity index (χ1) is 14.0. The lowest BCUT2D eigenvalue weighted by Gasteiger charge is -2.29. The van der Waals surface area contributed by atoms with E-state index in [0.29, 0.717) is 29.1 Å². The van der Waals surface area contributed by atoms with Crippen molar-refractivity contribution in [2.45, 2.75) is 45.4 Å². The lowest BCUT2D eigenvalue weighted by atomic mass is 10.0. The van der Waals surface area contributed by atoms with Gasteiger partial charge in [0.1, 0.15) is 5.82 Å². The summed E-state index contributed by atoms with van der Waals surface area (Å²) in [7, 11) is 0. The van der Waals surface area contributed by atoms with Crippen molar-refractivity contribution >= 4 is 22.3 Å². The molecule has 0 amide bonds. The number of aryl methyl sites for hydroxylation is 2. The summed E-state index contributed by atoms with van der Waals surface area (Å²) in [6.45, 7) is 7.43. The molecular formula is C23H25FN4O. The third-order valence-electron chi connectivity index (χ3n) is 6.22. The maximum absolute atomic E-state index is 14.6. The van der Waals surface area contributed by atoms with Crippen molar-refractivity contribution in [2.24, 2.45) is 0 Å². The Morgan fingerprint density at radius 2 is 2.03 bits per heavy atom. The zero-order valence-corrected chi connectivity index (χ0v) is 16.9. The number of benzene rings is 2. The molecule has 1 aromatic heterocycles. The number of fused-ring (bicyclic) bond motifs is 3. The zero-order chi connectivity index (χ0) is 20.1. The summed E-state index contributed by atoms with van der Waals surface area (Å²) in [6.07, 6.45) is 1.44. The molecule has 3 aromatic rings. The molecule has 6 heteroatoms. The molecule has 2 aromatic carbocycles. The molecule has 5 rings (SSSR count). The Labute approximate surface area is 169 Å². The van der Waals surface area contributed by atoms with Crippen molar-refractivity contribution in [3.8, 4) is 0 Å². The molecule has 0 unspecified atom stereocenters. The molecule has 150 valence electrons. The quantitative estimate of drug-likeness (QED) is 0.707. The molecule has 0 radical (unpaired) electrons. The van der Waals surface area contributed by atoms with Crippen LogP contribution in [0.25, 0.3) is 10.8 Å². The van der Waals surface area contributed by atoms with Crippen LogP contribution in [0.5, 0.6) is 0 Å². The van der Waals surface area contributed by atoms with E-state index in [1.54, 1.807) is 13.0 Å². The van der Waals surface area contributed by atoms with Crippen molar-refractivity contribution in [1.82, 2.24) is 10.2 Å². The number of hydrogen-bond donors (Lipinski definition) is 1. The highest BCUT2D eigenvalue weighted by molar-refractivity contribution is 5.95. The number of hydrogen-bond acceptors (Lipinski definition) is 5. The van der Waals surface area contributed by atoms with Gasteiger partial charge in [-0.15, -0.1) is 5.10 Å². The predicted octanol–water partition coefficient (Wildman–Crippen LogP) is 4.54. The molecule has 3 atom stereocenters. The van der Waals surface area contributed by atoms with Gasteiger partial charge in [0.2, 0.25) is 0 Å². The van der Waals surface area contributed by atoms with Crippen LogP contribution in [0.2, 0.25) is 0 Å². The highest BCUT2D eigenvalue weighted by atomic mass is 19.1. The first-order valence-electron chi connectivity index (χ1n) is 10.2.